The minimum atomic E-state index is -0.426. The van der Waals surface area contributed by atoms with Crippen molar-refractivity contribution in [1.82, 2.24) is 9.88 Å². The molecule has 5 heteroatoms. The average Bonchev–Trinajstić information content (AvgIpc) is 2.73. The summed E-state index contributed by atoms with van der Waals surface area (Å²) in [5, 5.41) is 2.75. The van der Waals surface area contributed by atoms with Crippen LogP contribution in [0.3, 0.4) is 0 Å². The van der Waals surface area contributed by atoms with E-state index in [-0.39, 0.29) is 11.7 Å². The average molecular weight is 394 g/mol. The van der Waals surface area contributed by atoms with Crippen molar-refractivity contribution in [2.45, 2.75) is 33.1 Å². The van der Waals surface area contributed by atoms with Gasteiger partial charge in [-0.15, -0.1) is 0 Å². The van der Waals surface area contributed by atoms with Crippen LogP contribution in [0.5, 0.6) is 0 Å². The van der Waals surface area contributed by atoms with Crippen molar-refractivity contribution < 1.29 is 9.18 Å². The lowest BCUT2D eigenvalue weighted by Crippen LogP contribution is -2.50. The van der Waals surface area contributed by atoms with E-state index in [1.54, 1.807) is 29.3 Å². The second kappa shape index (κ2) is 7.97. The van der Waals surface area contributed by atoms with Crippen LogP contribution in [0.4, 0.5) is 14.9 Å². The Kier molecular flexibility index (Phi) is 5.39. The van der Waals surface area contributed by atoms with Crippen molar-refractivity contribution in [3.05, 3.63) is 71.8 Å². The highest BCUT2D eigenvalue weighted by Gasteiger charge is 2.51. The Morgan fingerprint density at radius 1 is 1.24 bits per heavy atom. The number of para-hydroxylation sites is 1. The van der Waals surface area contributed by atoms with Crippen molar-refractivity contribution in [3.63, 3.8) is 0 Å². The van der Waals surface area contributed by atoms with E-state index < -0.39 is 5.82 Å². The molecule has 2 aromatic rings. The summed E-state index contributed by atoms with van der Waals surface area (Å²) >= 11 is 0. The van der Waals surface area contributed by atoms with Gasteiger partial charge in [-0.25, -0.2) is 9.18 Å². The number of carbonyl (C=O) groups is 1. The number of rotatable bonds is 6. The number of carbonyl (C=O) groups excluding carboxylic acids is 1. The summed E-state index contributed by atoms with van der Waals surface area (Å²) in [6.07, 6.45) is 7.03. The highest BCUT2D eigenvalue weighted by Crippen LogP contribution is 2.59. The first-order chi connectivity index (χ1) is 13.9. The lowest BCUT2D eigenvalue weighted by molar-refractivity contribution is -0.00949. The Bertz CT molecular complexity index is 909. The first-order valence-corrected chi connectivity index (χ1v) is 10.3. The maximum absolute atomic E-state index is 14.0. The molecule has 0 radical (unpaired) electrons. The van der Waals surface area contributed by atoms with E-state index in [1.165, 1.54) is 18.1 Å². The molecule has 1 heterocycles. The summed E-state index contributed by atoms with van der Waals surface area (Å²) in [4.78, 5) is 19.2. The minimum Gasteiger partial charge on any atom is -0.320 e. The Morgan fingerprint density at radius 3 is 2.72 bits per heavy atom. The van der Waals surface area contributed by atoms with Crippen molar-refractivity contribution in [2.75, 3.05) is 18.4 Å². The van der Waals surface area contributed by atoms with E-state index in [4.69, 9.17) is 0 Å². The first kappa shape index (κ1) is 19.6. The Balaban J connectivity index is 1.50. The van der Waals surface area contributed by atoms with Crippen LogP contribution in [-0.2, 0) is 6.42 Å². The lowest BCUT2D eigenvalue weighted by Gasteiger charge is -2.57. The second-order valence-electron chi connectivity index (χ2n) is 8.72. The molecular formula is C24H28FN3O. The number of nitrogens with one attached hydrogen (secondary N) is 1. The summed E-state index contributed by atoms with van der Waals surface area (Å²) in [5.74, 6) is 0.857. The molecule has 29 heavy (non-hydrogen) atoms. The molecule has 0 aliphatic heterocycles. The number of aromatic nitrogens is 1. The van der Waals surface area contributed by atoms with Gasteiger partial charge in [-0.1, -0.05) is 43.7 Å². The van der Waals surface area contributed by atoms with E-state index in [0.29, 0.717) is 30.8 Å². The van der Waals surface area contributed by atoms with E-state index >= 15 is 0 Å². The van der Waals surface area contributed by atoms with E-state index in [9.17, 15) is 9.18 Å². The number of hydrogen-bond donors (Lipinski definition) is 1. The van der Waals surface area contributed by atoms with Crippen LogP contribution in [-0.4, -0.2) is 29.0 Å². The smallest absolute Gasteiger partial charge is 0.320 e. The highest BCUT2D eigenvalue weighted by atomic mass is 19.1. The van der Waals surface area contributed by atoms with Crippen molar-refractivity contribution in [1.29, 1.82) is 0 Å². The molecule has 2 amide bonds. The third-order valence-corrected chi connectivity index (χ3v) is 6.72. The number of allylic oxidation sites excluding steroid dienone is 1. The molecule has 0 spiro atoms. The molecule has 1 saturated carbocycles. The van der Waals surface area contributed by atoms with Crippen molar-refractivity contribution in [2.24, 2.45) is 17.3 Å². The fraction of sp³-hybridized carbons (Fsp3) is 0.417. The van der Waals surface area contributed by atoms with Crippen LogP contribution in [0.1, 0.15) is 32.4 Å². The van der Waals surface area contributed by atoms with Gasteiger partial charge in [0, 0.05) is 31.4 Å². The fourth-order valence-electron chi connectivity index (χ4n) is 4.68. The molecule has 1 aromatic heterocycles. The molecule has 5 rings (SSSR count). The van der Waals surface area contributed by atoms with Gasteiger partial charge in [0.25, 0.3) is 0 Å². The molecular weight excluding hydrogens is 365 g/mol. The number of anilines is 1. The number of halogens is 1. The second-order valence-corrected chi connectivity index (χ2v) is 8.72. The van der Waals surface area contributed by atoms with Gasteiger partial charge in [-0.05, 0) is 54.4 Å². The van der Waals surface area contributed by atoms with Crippen LogP contribution in [0.2, 0.25) is 0 Å². The van der Waals surface area contributed by atoms with Crippen LogP contribution >= 0.6 is 0 Å². The molecule has 1 N–H and O–H groups in total. The largest absolute Gasteiger partial charge is 0.322 e. The van der Waals surface area contributed by atoms with E-state index in [0.717, 1.165) is 18.0 Å². The van der Waals surface area contributed by atoms with Gasteiger partial charge >= 0.3 is 6.03 Å². The van der Waals surface area contributed by atoms with Gasteiger partial charge in [0.2, 0.25) is 0 Å². The highest BCUT2D eigenvalue weighted by molar-refractivity contribution is 5.89. The van der Waals surface area contributed by atoms with Crippen LogP contribution < -0.4 is 5.32 Å². The van der Waals surface area contributed by atoms with E-state index in [2.05, 4.69) is 30.2 Å². The molecule has 3 aliphatic rings. The number of hydrogen-bond acceptors (Lipinski definition) is 2. The van der Waals surface area contributed by atoms with Crippen LogP contribution in [0.25, 0.3) is 0 Å². The SMILES string of the molecule is CC1(C)C2CC=C(CN(CCc3ccccn3)C(=O)Nc3ccccc3F)C1C2. The summed E-state index contributed by atoms with van der Waals surface area (Å²) in [6, 6.07) is 11.8. The van der Waals surface area contributed by atoms with Gasteiger partial charge in [-0.2, -0.15) is 0 Å². The van der Waals surface area contributed by atoms with Gasteiger partial charge in [-0.3, -0.25) is 4.98 Å². The van der Waals surface area contributed by atoms with Crippen LogP contribution in [0.15, 0.2) is 60.3 Å². The predicted octanol–water partition coefficient (Wildman–Crippen LogP) is 5.29. The Morgan fingerprint density at radius 2 is 2.03 bits per heavy atom. The molecule has 2 atom stereocenters. The number of benzene rings is 1. The Labute approximate surface area is 171 Å². The number of nitrogens with zero attached hydrogens (tertiary/aromatic N) is 2. The topological polar surface area (TPSA) is 45.2 Å². The maximum Gasteiger partial charge on any atom is 0.322 e. The zero-order chi connectivity index (χ0) is 20.4. The zero-order valence-corrected chi connectivity index (χ0v) is 17.1. The monoisotopic (exact) mass is 393 g/mol. The third kappa shape index (κ3) is 4.04. The fourth-order valence-corrected chi connectivity index (χ4v) is 4.68. The number of urea groups is 1. The van der Waals surface area contributed by atoms with Crippen LogP contribution in [0, 0.1) is 23.1 Å². The summed E-state index contributed by atoms with van der Waals surface area (Å²) < 4.78 is 14.0. The summed E-state index contributed by atoms with van der Waals surface area (Å²) in [6.45, 7) is 5.77. The Hall–Kier alpha value is -2.69. The number of fused-ring (bicyclic) bond motifs is 1. The van der Waals surface area contributed by atoms with Gasteiger partial charge in [0.05, 0.1) is 5.69 Å². The quantitative estimate of drug-likeness (QED) is 0.678. The number of amides is 2. The molecule has 1 aromatic carbocycles. The molecule has 1 fully saturated rings. The number of pyridine rings is 1. The minimum absolute atomic E-state index is 0.210. The summed E-state index contributed by atoms with van der Waals surface area (Å²) in [5.41, 5.74) is 2.79. The molecule has 3 aliphatic carbocycles. The third-order valence-electron chi connectivity index (χ3n) is 6.72. The van der Waals surface area contributed by atoms with Gasteiger partial charge in [0.1, 0.15) is 5.82 Å². The van der Waals surface area contributed by atoms with Crippen molar-refractivity contribution in [3.8, 4) is 0 Å². The molecule has 2 unspecified atom stereocenters. The maximum atomic E-state index is 14.0. The normalized spacial score (nSPS) is 21.7. The molecule has 2 bridgehead atoms. The predicted molar refractivity (Wildman–Crippen MR) is 113 cm³/mol. The van der Waals surface area contributed by atoms with Gasteiger partial charge < -0.3 is 10.2 Å². The van der Waals surface area contributed by atoms with E-state index in [1.807, 2.05) is 18.2 Å². The zero-order valence-electron chi connectivity index (χ0n) is 17.1. The lowest BCUT2D eigenvalue weighted by atomic mass is 9.49. The van der Waals surface area contributed by atoms with Gasteiger partial charge in [0.15, 0.2) is 0 Å². The first-order valence-electron chi connectivity index (χ1n) is 10.3. The molecule has 0 saturated heterocycles. The van der Waals surface area contributed by atoms with Crippen molar-refractivity contribution >= 4 is 11.7 Å². The standard InChI is InChI=1S/C24H28FN3O/c1-24(2)18-11-10-17(20(24)15-18)16-28(14-12-19-7-5-6-13-26-19)23(29)27-22-9-4-3-8-21(22)25/h3-10,13,18,20H,11-12,14-16H2,1-2H3,(H,27,29). The molecule has 152 valence electrons. The summed E-state index contributed by atoms with van der Waals surface area (Å²) in [7, 11) is 0. The molecule has 4 nitrogen and oxygen atoms in total.